The summed E-state index contributed by atoms with van der Waals surface area (Å²) in [5, 5.41) is 0. The number of hydrogen-bond acceptors (Lipinski definition) is 3. The lowest BCUT2D eigenvalue weighted by Gasteiger charge is -2.25. The fourth-order valence-corrected chi connectivity index (χ4v) is 2.02. The van der Waals surface area contributed by atoms with E-state index in [2.05, 4.69) is 4.74 Å². The Bertz CT molecular complexity index is 714. The Morgan fingerprint density at radius 3 is 2.09 bits per heavy atom. The molecule has 2 aromatic rings. The first-order chi connectivity index (χ1) is 10.9. The predicted molar refractivity (Wildman–Crippen MR) is 77.4 cm³/mol. The molecule has 2 rings (SSSR count). The summed E-state index contributed by atoms with van der Waals surface area (Å²) in [7, 11) is 1.11. The number of carbonyl (C=O) groups is 2. The van der Waals surface area contributed by atoms with Gasteiger partial charge in [0, 0.05) is 5.69 Å². The largest absolute Gasteiger partial charge is 0.472 e. The fraction of sp³-hybridized carbons (Fsp3) is 0.125. The minimum Gasteiger partial charge on any atom is -0.465 e. The molecule has 7 heteroatoms. The molecule has 0 bridgehead atoms. The highest BCUT2D eigenvalue weighted by atomic mass is 19.4. The third-order valence-corrected chi connectivity index (χ3v) is 3.01. The van der Waals surface area contributed by atoms with Gasteiger partial charge in [-0.25, -0.2) is 4.79 Å². The zero-order valence-corrected chi connectivity index (χ0v) is 12.0. The molecule has 1 amide bonds. The van der Waals surface area contributed by atoms with Crippen LogP contribution in [0.2, 0.25) is 0 Å². The summed E-state index contributed by atoms with van der Waals surface area (Å²) in [4.78, 5) is 24.1. The van der Waals surface area contributed by atoms with Crippen LogP contribution in [0.25, 0.3) is 0 Å². The first kappa shape index (κ1) is 16.5. The summed E-state index contributed by atoms with van der Waals surface area (Å²) in [5.74, 6) is -2.93. The van der Waals surface area contributed by atoms with E-state index < -0.39 is 18.1 Å². The van der Waals surface area contributed by atoms with Gasteiger partial charge < -0.3 is 4.74 Å². The van der Waals surface area contributed by atoms with Crippen LogP contribution in [0.1, 0.15) is 10.4 Å². The molecule has 23 heavy (non-hydrogen) atoms. The highest BCUT2D eigenvalue weighted by molar-refractivity contribution is 6.08. The number of ether oxygens (including phenoxy) is 1. The number of anilines is 2. The molecule has 0 aliphatic heterocycles. The van der Waals surface area contributed by atoms with E-state index in [1.807, 2.05) is 0 Å². The minimum atomic E-state index is -5.10. The van der Waals surface area contributed by atoms with Crippen molar-refractivity contribution in [2.24, 2.45) is 0 Å². The van der Waals surface area contributed by atoms with E-state index in [9.17, 15) is 22.8 Å². The smallest absolute Gasteiger partial charge is 0.465 e. The van der Waals surface area contributed by atoms with E-state index in [4.69, 9.17) is 0 Å². The van der Waals surface area contributed by atoms with Crippen LogP contribution in [0.15, 0.2) is 54.6 Å². The number of amides is 1. The van der Waals surface area contributed by atoms with Crippen molar-refractivity contribution in [2.75, 3.05) is 12.0 Å². The standard InChI is InChI=1S/C16H12F3NO3/c1-23-14(21)12-9-5-6-10-13(12)20(15(22)16(17,18)19)11-7-3-2-4-8-11/h2-10H,1H3. The van der Waals surface area contributed by atoms with Crippen molar-refractivity contribution in [3.8, 4) is 0 Å². The molecular weight excluding hydrogens is 311 g/mol. The molecule has 0 radical (unpaired) electrons. The van der Waals surface area contributed by atoms with Gasteiger partial charge in [-0.3, -0.25) is 9.69 Å². The van der Waals surface area contributed by atoms with Crippen LogP contribution >= 0.6 is 0 Å². The molecule has 0 spiro atoms. The molecule has 0 atom stereocenters. The number of alkyl halides is 3. The normalized spacial score (nSPS) is 11.0. The van der Waals surface area contributed by atoms with Gasteiger partial charge in [0.25, 0.3) is 0 Å². The number of methoxy groups -OCH3 is 1. The highest BCUT2D eigenvalue weighted by Crippen LogP contribution is 2.33. The SMILES string of the molecule is COC(=O)c1ccccc1N(C(=O)C(F)(F)F)c1ccccc1. The second-order valence-electron chi connectivity index (χ2n) is 4.48. The van der Waals surface area contributed by atoms with E-state index in [0.29, 0.717) is 4.90 Å². The summed E-state index contributed by atoms with van der Waals surface area (Å²) in [6.45, 7) is 0. The Hall–Kier alpha value is -2.83. The maximum absolute atomic E-state index is 13.0. The number of hydrogen-bond donors (Lipinski definition) is 0. The van der Waals surface area contributed by atoms with E-state index >= 15 is 0 Å². The van der Waals surface area contributed by atoms with Gasteiger partial charge in [-0.05, 0) is 24.3 Å². The van der Waals surface area contributed by atoms with E-state index in [1.54, 1.807) is 6.07 Å². The molecular formula is C16H12F3NO3. The van der Waals surface area contributed by atoms with Crippen LogP contribution in [-0.4, -0.2) is 25.2 Å². The first-order valence-electron chi connectivity index (χ1n) is 6.50. The zero-order valence-electron chi connectivity index (χ0n) is 12.0. The Balaban J connectivity index is 2.65. The highest BCUT2D eigenvalue weighted by Gasteiger charge is 2.44. The Morgan fingerprint density at radius 2 is 1.52 bits per heavy atom. The van der Waals surface area contributed by atoms with Crippen molar-refractivity contribution in [1.82, 2.24) is 0 Å². The number of carbonyl (C=O) groups excluding carboxylic acids is 2. The van der Waals surface area contributed by atoms with Gasteiger partial charge in [-0.2, -0.15) is 13.2 Å². The number of rotatable bonds is 3. The summed E-state index contributed by atoms with van der Waals surface area (Å²) >= 11 is 0. The predicted octanol–water partition coefficient (Wildman–Crippen LogP) is 3.70. The Kier molecular flexibility index (Phi) is 4.68. The Morgan fingerprint density at radius 1 is 0.957 bits per heavy atom. The number of nitrogens with zero attached hydrogens (tertiary/aromatic N) is 1. The third-order valence-electron chi connectivity index (χ3n) is 3.01. The van der Waals surface area contributed by atoms with Crippen LogP contribution in [0.4, 0.5) is 24.5 Å². The van der Waals surface area contributed by atoms with Crippen LogP contribution in [0.3, 0.4) is 0 Å². The minimum absolute atomic E-state index is 0.00817. The van der Waals surface area contributed by atoms with Gasteiger partial charge >= 0.3 is 18.1 Å². The van der Waals surface area contributed by atoms with Crippen molar-refractivity contribution < 1.29 is 27.5 Å². The quantitative estimate of drug-likeness (QED) is 0.809. The molecule has 120 valence electrons. The van der Waals surface area contributed by atoms with Crippen molar-refractivity contribution in [2.45, 2.75) is 6.18 Å². The molecule has 0 saturated carbocycles. The average molecular weight is 323 g/mol. The van der Waals surface area contributed by atoms with Gasteiger partial charge in [0.1, 0.15) is 0 Å². The van der Waals surface area contributed by atoms with Crippen molar-refractivity contribution in [3.63, 3.8) is 0 Å². The van der Waals surface area contributed by atoms with E-state index in [-0.39, 0.29) is 16.9 Å². The molecule has 0 aliphatic rings. The van der Waals surface area contributed by atoms with Crippen LogP contribution < -0.4 is 4.90 Å². The molecule has 0 fully saturated rings. The maximum atomic E-state index is 13.0. The van der Waals surface area contributed by atoms with E-state index in [0.717, 1.165) is 7.11 Å². The van der Waals surface area contributed by atoms with Crippen molar-refractivity contribution in [1.29, 1.82) is 0 Å². The monoisotopic (exact) mass is 323 g/mol. The second kappa shape index (κ2) is 6.51. The molecule has 0 N–H and O–H groups in total. The number of halogens is 3. The molecule has 4 nitrogen and oxygen atoms in total. The Labute approximate surface area is 130 Å². The third kappa shape index (κ3) is 3.50. The van der Waals surface area contributed by atoms with Gasteiger partial charge in [0.15, 0.2) is 0 Å². The van der Waals surface area contributed by atoms with Crippen LogP contribution in [-0.2, 0) is 9.53 Å². The molecule has 0 saturated heterocycles. The molecule has 2 aromatic carbocycles. The lowest BCUT2D eigenvalue weighted by Crippen LogP contribution is -2.38. The van der Waals surface area contributed by atoms with Crippen molar-refractivity contribution in [3.05, 3.63) is 60.2 Å². The lowest BCUT2D eigenvalue weighted by molar-refractivity contribution is -0.169. The van der Waals surface area contributed by atoms with Crippen LogP contribution in [0.5, 0.6) is 0 Å². The fourth-order valence-electron chi connectivity index (χ4n) is 2.02. The summed E-state index contributed by atoms with van der Waals surface area (Å²) in [6.07, 6.45) is -5.10. The molecule has 0 aliphatic carbocycles. The lowest BCUT2D eigenvalue weighted by atomic mass is 10.1. The molecule has 0 unspecified atom stereocenters. The average Bonchev–Trinajstić information content (AvgIpc) is 2.55. The molecule has 0 aromatic heterocycles. The molecule has 0 heterocycles. The number of esters is 1. The van der Waals surface area contributed by atoms with Crippen LogP contribution in [0, 0.1) is 0 Å². The maximum Gasteiger partial charge on any atom is 0.472 e. The van der Waals surface area contributed by atoms with Gasteiger partial charge in [0.05, 0.1) is 18.4 Å². The summed E-state index contributed by atoms with van der Waals surface area (Å²) in [6, 6.07) is 12.7. The second-order valence-corrected chi connectivity index (χ2v) is 4.48. The van der Waals surface area contributed by atoms with Crippen molar-refractivity contribution >= 4 is 23.3 Å². The zero-order chi connectivity index (χ0) is 17.0. The first-order valence-corrected chi connectivity index (χ1v) is 6.50. The van der Waals surface area contributed by atoms with Gasteiger partial charge in [0.2, 0.25) is 0 Å². The van der Waals surface area contributed by atoms with Gasteiger partial charge in [-0.15, -0.1) is 0 Å². The van der Waals surface area contributed by atoms with E-state index in [1.165, 1.54) is 48.5 Å². The summed E-state index contributed by atoms with van der Waals surface area (Å²) < 4.78 is 43.5. The van der Waals surface area contributed by atoms with Gasteiger partial charge in [-0.1, -0.05) is 30.3 Å². The topological polar surface area (TPSA) is 46.6 Å². The number of benzene rings is 2. The summed E-state index contributed by atoms with van der Waals surface area (Å²) in [5.41, 5.74) is -0.351. The number of para-hydroxylation sites is 2.